The van der Waals surface area contributed by atoms with Gasteiger partial charge in [0.05, 0.1) is 11.0 Å². The van der Waals surface area contributed by atoms with Gasteiger partial charge in [-0.05, 0) is 50.4 Å². The maximum Gasteiger partial charge on any atom is 0.109 e. The first-order valence-corrected chi connectivity index (χ1v) is 8.41. The van der Waals surface area contributed by atoms with Crippen molar-refractivity contribution in [3.05, 3.63) is 30.1 Å². The number of benzene rings is 1. The smallest absolute Gasteiger partial charge is 0.109 e. The van der Waals surface area contributed by atoms with Crippen molar-refractivity contribution in [3.8, 4) is 0 Å². The molecule has 116 valence electrons. The molecule has 1 N–H and O–H groups in total. The third-order valence-corrected chi connectivity index (χ3v) is 3.96. The molecule has 3 nitrogen and oxygen atoms in total. The van der Waals surface area contributed by atoms with Gasteiger partial charge >= 0.3 is 0 Å². The Kier molecular flexibility index (Phi) is 6.24. The van der Waals surface area contributed by atoms with E-state index in [1.165, 1.54) is 24.2 Å². The van der Waals surface area contributed by atoms with E-state index in [1.54, 1.807) is 0 Å². The van der Waals surface area contributed by atoms with E-state index in [0.717, 1.165) is 38.0 Å². The van der Waals surface area contributed by atoms with Crippen molar-refractivity contribution in [1.29, 1.82) is 0 Å². The summed E-state index contributed by atoms with van der Waals surface area (Å²) in [7, 11) is 0. The molecule has 2 aromatic rings. The molecule has 0 bridgehead atoms. The van der Waals surface area contributed by atoms with Crippen LogP contribution in [0.25, 0.3) is 11.0 Å². The number of imidazole rings is 1. The Labute approximate surface area is 128 Å². The molecule has 1 heterocycles. The van der Waals surface area contributed by atoms with E-state index in [4.69, 9.17) is 4.98 Å². The number of para-hydroxylation sites is 2. The van der Waals surface area contributed by atoms with Gasteiger partial charge in [0.25, 0.3) is 0 Å². The monoisotopic (exact) mass is 287 g/mol. The minimum Gasteiger partial charge on any atom is -0.328 e. The zero-order chi connectivity index (χ0) is 15.1. The van der Waals surface area contributed by atoms with Crippen LogP contribution in [0.1, 0.15) is 45.9 Å². The molecule has 1 aromatic heterocycles. The number of nitrogens with zero attached hydrogens (tertiary/aromatic N) is 2. The summed E-state index contributed by atoms with van der Waals surface area (Å²) in [6.07, 6.45) is 4.63. The zero-order valence-electron chi connectivity index (χ0n) is 13.7. The van der Waals surface area contributed by atoms with Crippen molar-refractivity contribution in [2.45, 2.75) is 53.0 Å². The Balaban J connectivity index is 2.02. The van der Waals surface area contributed by atoms with E-state index in [0.29, 0.717) is 5.92 Å². The summed E-state index contributed by atoms with van der Waals surface area (Å²) >= 11 is 0. The number of hydrogen-bond donors (Lipinski definition) is 1. The van der Waals surface area contributed by atoms with Gasteiger partial charge in [-0.25, -0.2) is 4.98 Å². The fraction of sp³-hybridized carbons (Fsp3) is 0.611. The Bertz CT molecular complexity index is 544. The second kappa shape index (κ2) is 8.18. The first kappa shape index (κ1) is 16.0. The Morgan fingerprint density at radius 1 is 1.19 bits per heavy atom. The molecule has 0 saturated heterocycles. The summed E-state index contributed by atoms with van der Waals surface area (Å²) in [6, 6.07) is 8.49. The molecule has 1 atom stereocenters. The molecule has 0 radical (unpaired) electrons. The van der Waals surface area contributed by atoms with Gasteiger partial charge in [-0.1, -0.05) is 32.9 Å². The minimum atomic E-state index is 0.700. The highest BCUT2D eigenvalue weighted by Crippen LogP contribution is 2.18. The maximum atomic E-state index is 4.84. The summed E-state index contributed by atoms with van der Waals surface area (Å²) in [5, 5.41) is 3.51. The first-order valence-electron chi connectivity index (χ1n) is 8.41. The average molecular weight is 287 g/mol. The van der Waals surface area contributed by atoms with E-state index in [1.807, 2.05) is 0 Å². The molecule has 3 heteroatoms. The number of aryl methyl sites for hydroxylation is 2. The summed E-state index contributed by atoms with van der Waals surface area (Å²) in [6.45, 7) is 10.1. The molecule has 0 aliphatic rings. The van der Waals surface area contributed by atoms with Gasteiger partial charge in [0, 0.05) is 13.0 Å². The van der Waals surface area contributed by atoms with E-state index in [-0.39, 0.29) is 0 Å². The highest BCUT2D eigenvalue weighted by molar-refractivity contribution is 5.75. The van der Waals surface area contributed by atoms with Crippen molar-refractivity contribution in [3.63, 3.8) is 0 Å². The summed E-state index contributed by atoms with van der Waals surface area (Å²) in [5.41, 5.74) is 2.42. The van der Waals surface area contributed by atoms with Crippen LogP contribution in [0.4, 0.5) is 0 Å². The van der Waals surface area contributed by atoms with Crippen LogP contribution in [0, 0.1) is 5.92 Å². The third kappa shape index (κ3) is 4.31. The van der Waals surface area contributed by atoms with Crippen molar-refractivity contribution in [1.82, 2.24) is 14.9 Å². The van der Waals surface area contributed by atoms with Crippen LogP contribution >= 0.6 is 0 Å². The van der Waals surface area contributed by atoms with Crippen LogP contribution in [0.5, 0.6) is 0 Å². The Morgan fingerprint density at radius 2 is 2.00 bits per heavy atom. The molecular weight excluding hydrogens is 258 g/mol. The minimum absolute atomic E-state index is 0.700. The summed E-state index contributed by atoms with van der Waals surface area (Å²) in [4.78, 5) is 4.84. The molecule has 0 aliphatic heterocycles. The molecule has 0 amide bonds. The van der Waals surface area contributed by atoms with Gasteiger partial charge < -0.3 is 9.88 Å². The number of hydrogen-bond acceptors (Lipinski definition) is 2. The van der Waals surface area contributed by atoms with E-state index >= 15 is 0 Å². The maximum absolute atomic E-state index is 4.84. The molecule has 0 fully saturated rings. The van der Waals surface area contributed by atoms with Crippen molar-refractivity contribution in [2.24, 2.45) is 5.92 Å². The lowest BCUT2D eigenvalue weighted by atomic mass is 10.1. The average Bonchev–Trinajstić information content (AvgIpc) is 2.84. The van der Waals surface area contributed by atoms with Gasteiger partial charge in [0.2, 0.25) is 0 Å². The predicted molar refractivity (Wildman–Crippen MR) is 90.7 cm³/mol. The van der Waals surface area contributed by atoms with E-state index in [9.17, 15) is 0 Å². The molecule has 0 aliphatic carbocycles. The SMILES string of the molecule is CCCNCC(C)CCc1nc2ccccc2n1CCC. The molecule has 1 unspecified atom stereocenters. The quantitative estimate of drug-likeness (QED) is 0.706. The fourth-order valence-corrected chi connectivity index (χ4v) is 2.79. The molecular formula is C18H29N3. The topological polar surface area (TPSA) is 29.9 Å². The molecule has 0 saturated carbocycles. The number of rotatable bonds is 9. The van der Waals surface area contributed by atoms with E-state index < -0.39 is 0 Å². The Hall–Kier alpha value is -1.35. The summed E-state index contributed by atoms with van der Waals surface area (Å²) in [5.74, 6) is 1.95. The Morgan fingerprint density at radius 3 is 2.76 bits per heavy atom. The lowest BCUT2D eigenvalue weighted by Gasteiger charge is -2.13. The van der Waals surface area contributed by atoms with E-state index in [2.05, 4.69) is 54.9 Å². The number of nitrogens with one attached hydrogen (secondary N) is 1. The highest BCUT2D eigenvalue weighted by atomic mass is 15.1. The van der Waals surface area contributed by atoms with Gasteiger partial charge in [-0.2, -0.15) is 0 Å². The number of aromatic nitrogens is 2. The van der Waals surface area contributed by atoms with Crippen molar-refractivity contribution < 1.29 is 0 Å². The van der Waals surface area contributed by atoms with Crippen LogP contribution in [0.15, 0.2) is 24.3 Å². The van der Waals surface area contributed by atoms with Crippen molar-refractivity contribution in [2.75, 3.05) is 13.1 Å². The van der Waals surface area contributed by atoms with Gasteiger partial charge in [-0.15, -0.1) is 0 Å². The van der Waals surface area contributed by atoms with Gasteiger partial charge in [-0.3, -0.25) is 0 Å². The number of fused-ring (bicyclic) bond motifs is 1. The lowest BCUT2D eigenvalue weighted by Crippen LogP contribution is -2.22. The third-order valence-electron chi connectivity index (χ3n) is 3.96. The molecule has 21 heavy (non-hydrogen) atoms. The zero-order valence-corrected chi connectivity index (χ0v) is 13.7. The first-order chi connectivity index (χ1) is 10.3. The van der Waals surface area contributed by atoms with Gasteiger partial charge in [0.15, 0.2) is 0 Å². The largest absolute Gasteiger partial charge is 0.328 e. The van der Waals surface area contributed by atoms with Crippen molar-refractivity contribution >= 4 is 11.0 Å². The standard InChI is InChI=1S/C18H29N3/c1-4-12-19-14-15(3)10-11-18-20-16-8-6-7-9-17(16)21(18)13-5-2/h6-9,15,19H,4-5,10-14H2,1-3H3. The second-order valence-electron chi connectivity index (χ2n) is 6.02. The van der Waals surface area contributed by atoms with Crippen LogP contribution in [0.3, 0.4) is 0 Å². The molecule has 2 rings (SSSR count). The molecule has 0 spiro atoms. The highest BCUT2D eigenvalue weighted by Gasteiger charge is 2.11. The normalized spacial score (nSPS) is 12.9. The van der Waals surface area contributed by atoms with Crippen LogP contribution in [-0.4, -0.2) is 22.6 Å². The summed E-state index contributed by atoms with van der Waals surface area (Å²) < 4.78 is 2.40. The predicted octanol–water partition coefficient (Wildman–Crippen LogP) is 4.01. The van der Waals surface area contributed by atoms with Crippen LogP contribution in [0.2, 0.25) is 0 Å². The molecule has 1 aromatic carbocycles. The second-order valence-corrected chi connectivity index (χ2v) is 6.02. The lowest BCUT2D eigenvalue weighted by molar-refractivity contribution is 0.471. The van der Waals surface area contributed by atoms with Crippen LogP contribution < -0.4 is 5.32 Å². The van der Waals surface area contributed by atoms with Gasteiger partial charge in [0.1, 0.15) is 5.82 Å². The van der Waals surface area contributed by atoms with Crippen LogP contribution in [-0.2, 0) is 13.0 Å². The fourth-order valence-electron chi connectivity index (χ4n) is 2.79.